The topological polar surface area (TPSA) is 0 Å². The van der Waals surface area contributed by atoms with E-state index >= 15 is 0 Å². The SMILES string of the molecule is CC1CC1C(C)(C)C(C)(C)C1CC1C.Cc1ccc2c(c1)-c1cc(-c3ccc4c5ccccc5c5ccccc5c4c3)ccc1C2(C)C. The third kappa shape index (κ3) is 4.77. The first kappa shape index (κ1) is 31.4. The van der Waals surface area contributed by atoms with Crippen molar-refractivity contribution in [1.82, 2.24) is 0 Å². The summed E-state index contributed by atoms with van der Waals surface area (Å²) in [5, 5.41) is 7.93. The molecule has 6 aromatic rings. The molecule has 0 aliphatic heterocycles. The van der Waals surface area contributed by atoms with E-state index in [1.807, 2.05) is 0 Å². The summed E-state index contributed by atoms with van der Waals surface area (Å²) >= 11 is 0. The quantitative estimate of drug-likeness (QED) is 0.170. The standard InChI is InChI=1S/C34H26.C14H26/c1-21-12-16-32-30(18-21)31-20-23(14-17-33(31)34(32,2)3)22-13-15-28-26-10-5-4-8-24(26)25-9-6-7-11-27(25)29(28)19-22;1-9-7-11(9)13(3,4)14(5,6)12-8-10(12)2/h4-20H,1-3H3;9-12H,7-8H2,1-6H3. The molecule has 48 heavy (non-hydrogen) atoms. The van der Waals surface area contributed by atoms with Gasteiger partial charge in [-0.2, -0.15) is 0 Å². The summed E-state index contributed by atoms with van der Waals surface area (Å²) < 4.78 is 0. The number of hydrogen-bond donors (Lipinski definition) is 0. The molecular formula is C48H52. The second kappa shape index (κ2) is 10.8. The Morgan fingerprint density at radius 3 is 1.40 bits per heavy atom. The fourth-order valence-corrected chi connectivity index (χ4v) is 9.76. The number of rotatable bonds is 4. The second-order valence-corrected chi connectivity index (χ2v) is 17.4. The Bertz CT molecular complexity index is 2160. The third-order valence-electron chi connectivity index (χ3n) is 13.6. The molecule has 0 bridgehead atoms. The first-order chi connectivity index (χ1) is 22.8. The van der Waals surface area contributed by atoms with Crippen molar-refractivity contribution in [3.05, 3.63) is 120 Å². The van der Waals surface area contributed by atoms with Gasteiger partial charge in [0.05, 0.1) is 0 Å². The molecule has 0 heteroatoms. The molecule has 6 aromatic carbocycles. The Morgan fingerprint density at radius 2 is 0.896 bits per heavy atom. The maximum Gasteiger partial charge on any atom is 0.0158 e. The van der Waals surface area contributed by atoms with Crippen LogP contribution in [-0.2, 0) is 5.41 Å². The Kier molecular flexibility index (Phi) is 7.06. The minimum Gasteiger partial charge on any atom is -0.0622 e. The van der Waals surface area contributed by atoms with Crippen LogP contribution in [0.2, 0.25) is 0 Å². The Balaban J connectivity index is 0.000000202. The molecule has 0 heterocycles. The fourth-order valence-electron chi connectivity index (χ4n) is 9.76. The maximum atomic E-state index is 2.51. The molecule has 0 aromatic heterocycles. The maximum absolute atomic E-state index is 2.51. The van der Waals surface area contributed by atoms with Gasteiger partial charge in [-0.05, 0) is 132 Å². The lowest BCUT2D eigenvalue weighted by atomic mass is 9.61. The molecule has 0 radical (unpaired) electrons. The van der Waals surface area contributed by atoms with Crippen molar-refractivity contribution >= 4 is 32.3 Å². The molecular weight excluding hydrogens is 577 g/mol. The third-order valence-corrected chi connectivity index (χ3v) is 13.6. The molecule has 3 aliphatic rings. The van der Waals surface area contributed by atoms with Crippen molar-refractivity contribution < 1.29 is 0 Å². The van der Waals surface area contributed by atoms with E-state index < -0.39 is 0 Å². The lowest BCUT2D eigenvalue weighted by Gasteiger charge is -2.43. The Hall–Kier alpha value is -3.90. The molecule has 0 amide bonds. The molecule has 0 N–H and O–H groups in total. The van der Waals surface area contributed by atoms with Crippen molar-refractivity contribution in [2.45, 2.75) is 80.6 Å². The van der Waals surface area contributed by atoms with Crippen LogP contribution < -0.4 is 0 Å². The van der Waals surface area contributed by atoms with Crippen LogP contribution in [-0.4, -0.2) is 0 Å². The normalized spacial score (nSPS) is 22.3. The first-order valence-corrected chi connectivity index (χ1v) is 18.4. The number of hydrogen-bond acceptors (Lipinski definition) is 0. The zero-order chi connectivity index (χ0) is 33.7. The number of fused-ring (bicyclic) bond motifs is 9. The molecule has 0 saturated heterocycles. The van der Waals surface area contributed by atoms with E-state index in [-0.39, 0.29) is 5.41 Å². The van der Waals surface area contributed by atoms with Gasteiger partial charge in [0.2, 0.25) is 0 Å². The van der Waals surface area contributed by atoms with E-state index in [0.717, 1.165) is 23.7 Å². The van der Waals surface area contributed by atoms with Crippen molar-refractivity contribution in [2.75, 3.05) is 0 Å². The zero-order valence-corrected chi connectivity index (χ0v) is 30.5. The van der Waals surface area contributed by atoms with Gasteiger partial charge in [-0.1, -0.05) is 152 Å². The molecule has 0 nitrogen and oxygen atoms in total. The van der Waals surface area contributed by atoms with Crippen molar-refractivity contribution in [3.8, 4) is 22.3 Å². The van der Waals surface area contributed by atoms with Crippen molar-refractivity contribution in [3.63, 3.8) is 0 Å². The van der Waals surface area contributed by atoms with Crippen LogP contribution in [0, 0.1) is 41.4 Å². The van der Waals surface area contributed by atoms with Gasteiger partial charge in [0.15, 0.2) is 0 Å². The predicted molar refractivity (Wildman–Crippen MR) is 209 cm³/mol. The fraction of sp³-hybridized carbons (Fsp3) is 0.375. The molecule has 4 unspecified atom stereocenters. The largest absolute Gasteiger partial charge is 0.0622 e. The van der Waals surface area contributed by atoms with Gasteiger partial charge in [0, 0.05) is 5.41 Å². The van der Waals surface area contributed by atoms with Gasteiger partial charge < -0.3 is 0 Å². The van der Waals surface area contributed by atoms with Crippen LogP contribution >= 0.6 is 0 Å². The lowest BCUT2D eigenvalue weighted by molar-refractivity contribution is 0.0495. The van der Waals surface area contributed by atoms with Gasteiger partial charge in [-0.15, -0.1) is 0 Å². The summed E-state index contributed by atoms with van der Waals surface area (Å²) in [6.07, 6.45) is 2.94. The average molecular weight is 629 g/mol. The molecule has 2 fully saturated rings. The van der Waals surface area contributed by atoms with Crippen molar-refractivity contribution in [1.29, 1.82) is 0 Å². The molecule has 3 aliphatic carbocycles. The zero-order valence-electron chi connectivity index (χ0n) is 30.5. The van der Waals surface area contributed by atoms with Crippen LogP contribution in [0.1, 0.15) is 84.9 Å². The highest BCUT2D eigenvalue weighted by molar-refractivity contribution is 6.25. The monoisotopic (exact) mass is 628 g/mol. The smallest absolute Gasteiger partial charge is 0.0158 e. The summed E-state index contributed by atoms with van der Waals surface area (Å²) in [5.74, 6) is 3.95. The van der Waals surface area contributed by atoms with Gasteiger partial charge in [-0.3, -0.25) is 0 Å². The van der Waals surface area contributed by atoms with Gasteiger partial charge in [0.1, 0.15) is 0 Å². The van der Waals surface area contributed by atoms with Crippen LogP contribution in [0.25, 0.3) is 54.6 Å². The average Bonchev–Trinajstić information content (AvgIpc) is 4.00. The van der Waals surface area contributed by atoms with Crippen LogP contribution in [0.15, 0.2) is 103 Å². The number of aryl methyl sites for hydroxylation is 1. The summed E-state index contributed by atoms with van der Waals surface area (Å²) in [4.78, 5) is 0. The van der Waals surface area contributed by atoms with Crippen LogP contribution in [0.5, 0.6) is 0 Å². The summed E-state index contributed by atoms with van der Waals surface area (Å²) in [7, 11) is 0. The lowest BCUT2D eigenvalue weighted by Crippen LogP contribution is -2.37. The van der Waals surface area contributed by atoms with Crippen LogP contribution in [0.4, 0.5) is 0 Å². The molecule has 9 rings (SSSR count). The first-order valence-electron chi connectivity index (χ1n) is 18.4. The Labute approximate surface area is 288 Å². The van der Waals surface area contributed by atoms with Crippen molar-refractivity contribution in [2.24, 2.45) is 34.5 Å². The minimum absolute atomic E-state index is 0.0371. The van der Waals surface area contributed by atoms with Gasteiger partial charge >= 0.3 is 0 Å². The van der Waals surface area contributed by atoms with E-state index in [1.54, 1.807) is 0 Å². The van der Waals surface area contributed by atoms with Gasteiger partial charge in [0.25, 0.3) is 0 Å². The van der Waals surface area contributed by atoms with Crippen LogP contribution in [0.3, 0.4) is 0 Å². The molecule has 244 valence electrons. The van der Waals surface area contributed by atoms with E-state index in [2.05, 4.69) is 165 Å². The second-order valence-electron chi connectivity index (χ2n) is 17.4. The highest BCUT2D eigenvalue weighted by Crippen LogP contribution is 2.66. The summed E-state index contributed by atoms with van der Waals surface area (Å²) in [6.45, 7) is 21.7. The molecule has 4 atom stereocenters. The highest BCUT2D eigenvalue weighted by Gasteiger charge is 2.58. The number of benzene rings is 6. The van der Waals surface area contributed by atoms with E-state index in [0.29, 0.717) is 10.8 Å². The molecule has 2 saturated carbocycles. The van der Waals surface area contributed by atoms with E-state index in [9.17, 15) is 0 Å². The summed E-state index contributed by atoms with van der Waals surface area (Å²) in [5.41, 5.74) is 10.6. The van der Waals surface area contributed by atoms with E-state index in [1.165, 1.54) is 84.1 Å². The minimum atomic E-state index is 0.0371. The highest BCUT2D eigenvalue weighted by atomic mass is 14.6. The summed E-state index contributed by atoms with van der Waals surface area (Å²) in [6, 6.07) is 38.6. The molecule has 0 spiro atoms. The van der Waals surface area contributed by atoms with Gasteiger partial charge in [-0.25, -0.2) is 0 Å². The predicted octanol–water partition coefficient (Wildman–Crippen LogP) is 13.8. The van der Waals surface area contributed by atoms with E-state index in [4.69, 9.17) is 0 Å². The Morgan fingerprint density at radius 1 is 0.500 bits per heavy atom.